The molecule has 1 atom stereocenters. The zero-order valence-electron chi connectivity index (χ0n) is 15.9. The molecular weight excluding hydrogens is 326 g/mol. The van der Waals surface area contributed by atoms with Crippen LogP contribution in [0.5, 0.6) is 0 Å². The lowest BCUT2D eigenvalue weighted by Crippen LogP contribution is -2.51. The van der Waals surface area contributed by atoms with Crippen LogP contribution < -0.4 is 10.2 Å². The summed E-state index contributed by atoms with van der Waals surface area (Å²) >= 11 is 0. The summed E-state index contributed by atoms with van der Waals surface area (Å²) in [5, 5.41) is 3.55. The maximum atomic E-state index is 12.5. The topological polar surface area (TPSA) is 51.7 Å². The predicted octanol–water partition coefficient (Wildman–Crippen LogP) is 1.56. The molecule has 0 unspecified atom stereocenters. The summed E-state index contributed by atoms with van der Waals surface area (Å²) in [6, 6.07) is 4.83. The summed E-state index contributed by atoms with van der Waals surface area (Å²) in [5.74, 6) is 0.299. The number of rotatable bonds is 4. The van der Waals surface area contributed by atoms with Crippen molar-refractivity contribution in [2.75, 3.05) is 57.3 Å². The maximum absolute atomic E-state index is 12.5. The van der Waals surface area contributed by atoms with Crippen LogP contribution in [0.1, 0.15) is 43.1 Å². The lowest BCUT2D eigenvalue weighted by molar-refractivity contribution is -0.132. The minimum absolute atomic E-state index is 0.299. The third-order valence-corrected chi connectivity index (χ3v) is 5.93. The first-order valence-corrected chi connectivity index (χ1v) is 10.2. The molecule has 1 amide bonds. The van der Waals surface area contributed by atoms with E-state index in [1.165, 1.54) is 37.1 Å². The molecule has 1 aromatic heterocycles. The van der Waals surface area contributed by atoms with E-state index in [0.717, 1.165) is 51.5 Å². The third kappa shape index (κ3) is 4.01. The number of pyridine rings is 1. The van der Waals surface area contributed by atoms with Crippen molar-refractivity contribution in [2.45, 2.75) is 38.6 Å². The van der Waals surface area contributed by atoms with Crippen LogP contribution in [0.25, 0.3) is 0 Å². The molecule has 0 bridgehead atoms. The number of nitrogens with one attached hydrogen (secondary N) is 1. The van der Waals surface area contributed by atoms with E-state index in [9.17, 15) is 4.79 Å². The van der Waals surface area contributed by atoms with E-state index in [1.807, 2.05) is 4.90 Å². The Bertz CT molecular complexity index is 629. The number of nitrogens with zero attached hydrogens (tertiary/aromatic N) is 4. The fraction of sp³-hybridized carbons (Fsp3) is 0.700. The summed E-state index contributed by atoms with van der Waals surface area (Å²) in [7, 11) is 0. The molecule has 4 rings (SSSR count). The highest BCUT2D eigenvalue weighted by Gasteiger charge is 2.25. The number of anilines is 1. The van der Waals surface area contributed by atoms with Crippen molar-refractivity contribution >= 4 is 11.6 Å². The zero-order chi connectivity index (χ0) is 17.9. The summed E-state index contributed by atoms with van der Waals surface area (Å²) in [6.45, 7) is 9.41. The molecule has 0 aromatic carbocycles. The molecule has 0 saturated carbocycles. The number of amides is 1. The number of hydrogen-bond donors (Lipinski definition) is 1. The summed E-state index contributed by atoms with van der Waals surface area (Å²) in [5.41, 5.74) is 3.51. The maximum Gasteiger partial charge on any atom is 0.236 e. The minimum atomic E-state index is 0.299. The van der Waals surface area contributed by atoms with Crippen LogP contribution in [0.15, 0.2) is 12.1 Å². The first-order chi connectivity index (χ1) is 12.7. The van der Waals surface area contributed by atoms with Gasteiger partial charge in [0, 0.05) is 43.6 Å². The zero-order valence-corrected chi connectivity index (χ0v) is 15.9. The van der Waals surface area contributed by atoms with Gasteiger partial charge in [0.15, 0.2) is 0 Å². The second-order valence-electron chi connectivity index (χ2n) is 7.89. The van der Waals surface area contributed by atoms with Crippen molar-refractivity contribution < 1.29 is 4.79 Å². The van der Waals surface area contributed by atoms with Crippen LogP contribution in [0.4, 0.5) is 5.69 Å². The van der Waals surface area contributed by atoms with Gasteiger partial charge in [-0.05, 0) is 64.4 Å². The van der Waals surface area contributed by atoms with E-state index in [4.69, 9.17) is 4.98 Å². The number of aryl methyl sites for hydroxylation is 1. The molecule has 0 radical (unpaired) electrons. The largest absolute Gasteiger partial charge is 0.368 e. The SMILES string of the molecule is Cc1cc(N2CCN(C(=O)CN3CCCC3)CC2)cc([C@@H]2CCCN2)n1. The number of carbonyl (C=O) groups excluding carboxylic acids is 1. The fourth-order valence-corrected chi connectivity index (χ4v) is 4.42. The van der Waals surface area contributed by atoms with Gasteiger partial charge in [0.1, 0.15) is 0 Å². The first-order valence-electron chi connectivity index (χ1n) is 10.2. The Morgan fingerprint density at radius 2 is 1.88 bits per heavy atom. The molecule has 0 spiro atoms. The quantitative estimate of drug-likeness (QED) is 0.886. The highest BCUT2D eigenvalue weighted by atomic mass is 16.2. The number of likely N-dealkylation sites (tertiary alicyclic amines) is 1. The average molecular weight is 358 g/mol. The monoisotopic (exact) mass is 357 g/mol. The van der Waals surface area contributed by atoms with Gasteiger partial charge in [0.25, 0.3) is 0 Å². The van der Waals surface area contributed by atoms with Crippen LogP contribution in [0, 0.1) is 6.92 Å². The van der Waals surface area contributed by atoms with Crippen molar-refractivity contribution in [3.05, 3.63) is 23.5 Å². The Kier molecular flexibility index (Phi) is 5.41. The van der Waals surface area contributed by atoms with Gasteiger partial charge in [0.2, 0.25) is 5.91 Å². The van der Waals surface area contributed by atoms with E-state index in [0.29, 0.717) is 18.5 Å². The smallest absolute Gasteiger partial charge is 0.236 e. The van der Waals surface area contributed by atoms with Crippen LogP contribution in [0.2, 0.25) is 0 Å². The van der Waals surface area contributed by atoms with Crippen LogP contribution in [-0.4, -0.2) is 73.0 Å². The first kappa shape index (κ1) is 17.7. The number of piperazine rings is 1. The Labute approximate surface area is 156 Å². The Morgan fingerprint density at radius 3 is 2.58 bits per heavy atom. The van der Waals surface area contributed by atoms with Gasteiger partial charge in [-0.3, -0.25) is 14.7 Å². The molecular formula is C20H31N5O. The standard InChI is InChI=1S/C20H31N5O/c1-16-13-17(14-19(22-16)18-5-4-6-21-18)24-9-11-25(12-10-24)20(26)15-23-7-2-3-8-23/h13-14,18,21H,2-12,15H2,1H3/t18-/m0/s1. The molecule has 4 heterocycles. The van der Waals surface area contributed by atoms with E-state index in [-0.39, 0.29) is 0 Å². The van der Waals surface area contributed by atoms with Gasteiger partial charge in [-0.2, -0.15) is 0 Å². The van der Waals surface area contributed by atoms with E-state index >= 15 is 0 Å². The molecule has 1 aromatic rings. The van der Waals surface area contributed by atoms with Crippen molar-refractivity contribution in [2.24, 2.45) is 0 Å². The normalized spacial score (nSPS) is 24.4. The molecule has 1 N–H and O–H groups in total. The molecule has 3 saturated heterocycles. The summed E-state index contributed by atoms with van der Waals surface area (Å²) < 4.78 is 0. The van der Waals surface area contributed by atoms with Gasteiger partial charge in [0.05, 0.1) is 12.2 Å². The predicted molar refractivity (Wildman–Crippen MR) is 103 cm³/mol. The molecule has 26 heavy (non-hydrogen) atoms. The molecule has 0 aliphatic carbocycles. The van der Waals surface area contributed by atoms with Gasteiger partial charge in [-0.25, -0.2) is 0 Å². The number of hydrogen-bond acceptors (Lipinski definition) is 5. The molecule has 3 fully saturated rings. The van der Waals surface area contributed by atoms with Crippen molar-refractivity contribution in [1.29, 1.82) is 0 Å². The minimum Gasteiger partial charge on any atom is -0.368 e. The van der Waals surface area contributed by atoms with E-state index in [2.05, 4.69) is 34.2 Å². The highest BCUT2D eigenvalue weighted by Crippen LogP contribution is 2.26. The molecule has 3 aliphatic rings. The van der Waals surface area contributed by atoms with Gasteiger partial charge in [-0.15, -0.1) is 0 Å². The van der Waals surface area contributed by atoms with Crippen LogP contribution >= 0.6 is 0 Å². The van der Waals surface area contributed by atoms with Gasteiger partial charge < -0.3 is 15.1 Å². The van der Waals surface area contributed by atoms with E-state index < -0.39 is 0 Å². The van der Waals surface area contributed by atoms with Crippen molar-refractivity contribution in [3.8, 4) is 0 Å². The lowest BCUT2D eigenvalue weighted by atomic mass is 10.1. The summed E-state index contributed by atoms with van der Waals surface area (Å²) in [4.78, 5) is 24.0. The Hall–Kier alpha value is -1.66. The highest BCUT2D eigenvalue weighted by molar-refractivity contribution is 5.78. The fourth-order valence-electron chi connectivity index (χ4n) is 4.42. The van der Waals surface area contributed by atoms with Crippen LogP contribution in [0.3, 0.4) is 0 Å². The molecule has 6 heteroatoms. The third-order valence-electron chi connectivity index (χ3n) is 5.93. The van der Waals surface area contributed by atoms with Crippen molar-refractivity contribution in [1.82, 2.24) is 20.1 Å². The molecule has 142 valence electrons. The second kappa shape index (κ2) is 7.92. The average Bonchev–Trinajstić information content (AvgIpc) is 3.35. The Morgan fingerprint density at radius 1 is 1.12 bits per heavy atom. The number of carbonyl (C=O) groups is 1. The van der Waals surface area contributed by atoms with Gasteiger partial charge >= 0.3 is 0 Å². The molecule has 3 aliphatic heterocycles. The number of aromatic nitrogens is 1. The van der Waals surface area contributed by atoms with Crippen LogP contribution in [-0.2, 0) is 4.79 Å². The van der Waals surface area contributed by atoms with Crippen molar-refractivity contribution in [3.63, 3.8) is 0 Å². The summed E-state index contributed by atoms with van der Waals surface area (Å²) in [6.07, 6.45) is 4.88. The lowest BCUT2D eigenvalue weighted by Gasteiger charge is -2.37. The molecule has 6 nitrogen and oxygen atoms in total. The van der Waals surface area contributed by atoms with Gasteiger partial charge in [-0.1, -0.05) is 0 Å². The van der Waals surface area contributed by atoms with E-state index in [1.54, 1.807) is 0 Å². The second-order valence-corrected chi connectivity index (χ2v) is 7.89. The Balaban J connectivity index is 1.36.